The molecule has 0 aliphatic heterocycles. The van der Waals surface area contributed by atoms with E-state index in [1.807, 2.05) is 26.0 Å². The molecule has 0 bridgehead atoms. The summed E-state index contributed by atoms with van der Waals surface area (Å²) in [7, 11) is 0. The fourth-order valence-electron chi connectivity index (χ4n) is 1.74. The average Bonchev–Trinajstić information content (AvgIpc) is 2.38. The molecular formula is C15H23NO3. The molecule has 0 saturated carbocycles. The Morgan fingerprint density at radius 1 is 1.37 bits per heavy atom. The molecule has 1 aromatic carbocycles. The topological polar surface area (TPSA) is 58.6 Å². The van der Waals surface area contributed by atoms with Gasteiger partial charge in [-0.15, -0.1) is 0 Å². The van der Waals surface area contributed by atoms with Crippen LogP contribution in [0, 0.1) is 0 Å². The number of hydrogen-bond acceptors (Lipinski definition) is 3. The number of nitrogens with one attached hydrogen (secondary N) is 1. The normalized spacial score (nSPS) is 12.1. The molecule has 0 aliphatic rings. The number of phenolic OH excluding ortho intramolecular Hbond substituents is 1. The number of phenols is 1. The molecule has 1 unspecified atom stereocenters. The summed E-state index contributed by atoms with van der Waals surface area (Å²) < 4.78 is 5.18. The molecule has 0 heterocycles. The highest BCUT2D eigenvalue weighted by Crippen LogP contribution is 2.11. The fourth-order valence-corrected chi connectivity index (χ4v) is 1.74. The number of aryl methyl sites for hydroxylation is 1. The molecule has 1 amide bonds. The van der Waals surface area contributed by atoms with Crippen molar-refractivity contribution in [2.75, 3.05) is 13.2 Å². The predicted octanol–water partition coefficient (Wildman–Crippen LogP) is 2.26. The summed E-state index contributed by atoms with van der Waals surface area (Å²) in [5, 5.41) is 12.1. The van der Waals surface area contributed by atoms with E-state index in [9.17, 15) is 9.90 Å². The minimum Gasteiger partial charge on any atom is -0.508 e. The third-order valence-electron chi connectivity index (χ3n) is 2.79. The molecule has 0 spiro atoms. The summed E-state index contributed by atoms with van der Waals surface area (Å²) in [6, 6.07) is 7.27. The van der Waals surface area contributed by atoms with E-state index in [4.69, 9.17) is 4.74 Å². The molecule has 0 aliphatic carbocycles. The Kier molecular flexibility index (Phi) is 6.97. The second-order valence-electron chi connectivity index (χ2n) is 4.73. The van der Waals surface area contributed by atoms with Gasteiger partial charge in [-0.05, 0) is 43.9 Å². The maximum absolute atomic E-state index is 11.5. The molecule has 0 fully saturated rings. The maximum atomic E-state index is 11.5. The van der Waals surface area contributed by atoms with Gasteiger partial charge in [-0.2, -0.15) is 0 Å². The molecule has 19 heavy (non-hydrogen) atoms. The predicted molar refractivity (Wildman–Crippen MR) is 75.1 cm³/mol. The van der Waals surface area contributed by atoms with Gasteiger partial charge in [0.15, 0.2) is 0 Å². The van der Waals surface area contributed by atoms with E-state index in [0.717, 1.165) is 24.8 Å². The quantitative estimate of drug-likeness (QED) is 0.709. The van der Waals surface area contributed by atoms with Crippen LogP contribution in [0.3, 0.4) is 0 Å². The molecule has 1 rings (SSSR count). The van der Waals surface area contributed by atoms with Gasteiger partial charge in [0.2, 0.25) is 5.91 Å². The lowest BCUT2D eigenvalue weighted by molar-refractivity contribution is -0.126. The number of aromatic hydroxyl groups is 1. The first-order chi connectivity index (χ1) is 9.11. The van der Waals surface area contributed by atoms with Crippen LogP contribution in [0.25, 0.3) is 0 Å². The van der Waals surface area contributed by atoms with Gasteiger partial charge in [0.05, 0.1) is 0 Å². The van der Waals surface area contributed by atoms with Gasteiger partial charge in [-0.3, -0.25) is 4.79 Å². The lowest BCUT2D eigenvalue weighted by atomic mass is 10.1. The van der Waals surface area contributed by atoms with Crippen LogP contribution in [0.2, 0.25) is 0 Å². The highest BCUT2D eigenvalue weighted by molar-refractivity contribution is 5.77. The van der Waals surface area contributed by atoms with Crippen LogP contribution in [0.5, 0.6) is 5.75 Å². The Balaban J connectivity index is 2.21. The van der Waals surface area contributed by atoms with E-state index >= 15 is 0 Å². The third kappa shape index (κ3) is 6.82. The SMILES string of the molecule is CCCOCC(=O)NC(C)CCc1ccc(O)cc1. The fraction of sp³-hybridized carbons (Fsp3) is 0.533. The van der Waals surface area contributed by atoms with Crippen LogP contribution in [-0.4, -0.2) is 30.3 Å². The van der Waals surface area contributed by atoms with Gasteiger partial charge in [-0.1, -0.05) is 19.1 Å². The third-order valence-corrected chi connectivity index (χ3v) is 2.79. The molecule has 0 radical (unpaired) electrons. The van der Waals surface area contributed by atoms with Gasteiger partial charge >= 0.3 is 0 Å². The van der Waals surface area contributed by atoms with E-state index in [0.29, 0.717) is 6.61 Å². The van der Waals surface area contributed by atoms with Crippen molar-refractivity contribution in [2.24, 2.45) is 0 Å². The maximum Gasteiger partial charge on any atom is 0.246 e. The number of rotatable bonds is 8. The standard InChI is InChI=1S/C15H23NO3/c1-3-10-19-11-15(18)16-12(2)4-5-13-6-8-14(17)9-7-13/h6-9,12,17H,3-5,10-11H2,1-2H3,(H,16,18). The molecule has 0 saturated heterocycles. The summed E-state index contributed by atoms with van der Waals surface area (Å²) >= 11 is 0. The second-order valence-corrected chi connectivity index (χ2v) is 4.73. The van der Waals surface area contributed by atoms with Crippen LogP contribution in [-0.2, 0) is 16.0 Å². The Morgan fingerprint density at radius 2 is 2.05 bits per heavy atom. The minimum absolute atomic E-state index is 0.0633. The Bertz CT molecular complexity index is 375. The smallest absolute Gasteiger partial charge is 0.246 e. The van der Waals surface area contributed by atoms with Crippen molar-refractivity contribution in [3.05, 3.63) is 29.8 Å². The lowest BCUT2D eigenvalue weighted by Gasteiger charge is -2.14. The van der Waals surface area contributed by atoms with Crippen molar-refractivity contribution in [1.82, 2.24) is 5.32 Å². The monoisotopic (exact) mass is 265 g/mol. The van der Waals surface area contributed by atoms with Crippen molar-refractivity contribution >= 4 is 5.91 Å². The van der Waals surface area contributed by atoms with E-state index in [2.05, 4.69) is 5.32 Å². The van der Waals surface area contributed by atoms with Crippen molar-refractivity contribution < 1.29 is 14.6 Å². The van der Waals surface area contributed by atoms with E-state index < -0.39 is 0 Å². The Labute approximate surface area is 114 Å². The first-order valence-corrected chi connectivity index (χ1v) is 6.76. The zero-order valence-electron chi connectivity index (χ0n) is 11.7. The average molecular weight is 265 g/mol. The summed E-state index contributed by atoms with van der Waals surface area (Å²) in [4.78, 5) is 11.5. The van der Waals surface area contributed by atoms with Crippen LogP contribution >= 0.6 is 0 Å². The van der Waals surface area contributed by atoms with Crippen LogP contribution < -0.4 is 5.32 Å². The van der Waals surface area contributed by atoms with Gasteiger partial charge in [0.1, 0.15) is 12.4 Å². The van der Waals surface area contributed by atoms with Gasteiger partial charge < -0.3 is 15.2 Å². The highest BCUT2D eigenvalue weighted by Gasteiger charge is 2.07. The summed E-state index contributed by atoms with van der Waals surface area (Å²) in [5.41, 5.74) is 1.15. The van der Waals surface area contributed by atoms with Crippen molar-refractivity contribution in [1.29, 1.82) is 0 Å². The number of carbonyl (C=O) groups is 1. The highest BCUT2D eigenvalue weighted by atomic mass is 16.5. The number of benzene rings is 1. The number of hydrogen-bond donors (Lipinski definition) is 2. The van der Waals surface area contributed by atoms with E-state index in [-0.39, 0.29) is 24.3 Å². The van der Waals surface area contributed by atoms with Crippen molar-refractivity contribution in [2.45, 2.75) is 39.2 Å². The van der Waals surface area contributed by atoms with E-state index in [1.165, 1.54) is 0 Å². The molecule has 0 aromatic heterocycles. The zero-order valence-corrected chi connectivity index (χ0v) is 11.7. The number of ether oxygens (including phenoxy) is 1. The first-order valence-electron chi connectivity index (χ1n) is 6.76. The summed E-state index contributed by atoms with van der Waals surface area (Å²) in [5.74, 6) is 0.213. The largest absolute Gasteiger partial charge is 0.508 e. The van der Waals surface area contributed by atoms with Crippen molar-refractivity contribution in [3.63, 3.8) is 0 Å². The molecule has 106 valence electrons. The zero-order chi connectivity index (χ0) is 14.1. The van der Waals surface area contributed by atoms with Gasteiger partial charge in [-0.25, -0.2) is 0 Å². The van der Waals surface area contributed by atoms with Gasteiger partial charge in [0.25, 0.3) is 0 Å². The van der Waals surface area contributed by atoms with Gasteiger partial charge in [0, 0.05) is 12.6 Å². The molecule has 2 N–H and O–H groups in total. The number of amides is 1. The molecular weight excluding hydrogens is 242 g/mol. The Morgan fingerprint density at radius 3 is 2.68 bits per heavy atom. The number of carbonyl (C=O) groups excluding carboxylic acids is 1. The Hall–Kier alpha value is -1.55. The molecule has 4 heteroatoms. The molecule has 1 atom stereocenters. The van der Waals surface area contributed by atoms with Crippen LogP contribution in [0.4, 0.5) is 0 Å². The first kappa shape index (κ1) is 15.5. The van der Waals surface area contributed by atoms with Crippen LogP contribution in [0.15, 0.2) is 24.3 Å². The molecule has 4 nitrogen and oxygen atoms in total. The summed E-state index contributed by atoms with van der Waals surface area (Å²) in [6.07, 6.45) is 2.66. The molecule has 1 aromatic rings. The van der Waals surface area contributed by atoms with Crippen LogP contribution in [0.1, 0.15) is 32.3 Å². The second kappa shape index (κ2) is 8.53. The minimum atomic E-state index is -0.0633. The summed E-state index contributed by atoms with van der Waals surface area (Å²) in [6.45, 7) is 4.75. The lowest BCUT2D eigenvalue weighted by Crippen LogP contribution is -2.35. The van der Waals surface area contributed by atoms with Crippen molar-refractivity contribution in [3.8, 4) is 5.75 Å². The van der Waals surface area contributed by atoms with E-state index in [1.54, 1.807) is 12.1 Å².